The minimum atomic E-state index is -1.26. The largest absolute Gasteiger partial charge is 0.481 e. The fourth-order valence-corrected chi connectivity index (χ4v) is 3.75. The summed E-state index contributed by atoms with van der Waals surface area (Å²) in [4.78, 5) is 30.3. The number of nitrogens with two attached hydrogens (primary N) is 1. The molecule has 2 rings (SSSR count). The molecule has 0 saturated carbocycles. The average Bonchev–Trinajstić information content (AvgIpc) is 2.81. The van der Waals surface area contributed by atoms with E-state index in [4.69, 9.17) is 44.3 Å². The summed E-state index contributed by atoms with van der Waals surface area (Å²) in [6.07, 6.45) is 3.02. The number of rotatable bonds is 13. The number of carboxylic acids is 3. The molecule has 196 valence electrons. The van der Waals surface area contributed by atoms with Crippen LogP contribution in [0.5, 0.6) is 0 Å². The Balaban J connectivity index is 0.000000697. The van der Waals surface area contributed by atoms with Crippen LogP contribution in [0, 0.1) is 5.92 Å². The van der Waals surface area contributed by atoms with Crippen molar-refractivity contribution in [1.82, 2.24) is 5.32 Å². The number of aryl methyl sites for hydroxylation is 1. The van der Waals surface area contributed by atoms with Crippen LogP contribution in [0.1, 0.15) is 36.5 Å². The Kier molecular flexibility index (Phi) is 14.2. The van der Waals surface area contributed by atoms with Crippen LogP contribution in [0.25, 0.3) is 0 Å². The van der Waals surface area contributed by atoms with Gasteiger partial charge in [-0.05, 0) is 55.0 Å². The number of aliphatic hydroxyl groups excluding tert-OH is 1. The quantitative estimate of drug-likeness (QED) is 0.162. The Bertz CT molecular complexity index is 993. The molecule has 36 heavy (non-hydrogen) atoms. The molecular weight excluding hydrogens is 511 g/mol. The number of anilines is 1. The van der Waals surface area contributed by atoms with E-state index in [1.165, 1.54) is 5.56 Å². The van der Waals surface area contributed by atoms with Crippen molar-refractivity contribution in [3.05, 3.63) is 75.8 Å². The van der Waals surface area contributed by atoms with E-state index < -0.39 is 24.0 Å². The van der Waals surface area contributed by atoms with Crippen molar-refractivity contribution in [2.45, 2.75) is 31.8 Å². The lowest BCUT2D eigenvalue weighted by molar-refractivity contribution is -0.138. The lowest BCUT2D eigenvalue weighted by Crippen LogP contribution is -2.28. The van der Waals surface area contributed by atoms with Crippen LogP contribution in [0.15, 0.2) is 54.6 Å². The number of nitrogens with one attached hydrogen (secondary N) is 1. The molecule has 0 heterocycles. The summed E-state index contributed by atoms with van der Waals surface area (Å²) in [6.45, 7) is 0.778. The molecule has 0 spiro atoms. The highest BCUT2D eigenvalue weighted by Crippen LogP contribution is 2.31. The number of carboxylic acid groups (broad SMARTS) is 3. The van der Waals surface area contributed by atoms with Crippen molar-refractivity contribution in [2.24, 2.45) is 5.92 Å². The molecule has 0 radical (unpaired) electrons. The maximum absolute atomic E-state index is 11.1. The molecule has 7 N–H and O–H groups in total. The third kappa shape index (κ3) is 13.1. The highest BCUT2D eigenvalue weighted by atomic mass is 35.5. The fourth-order valence-electron chi connectivity index (χ4n) is 3.24. The van der Waals surface area contributed by atoms with Gasteiger partial charge in [0.2, 0.25) is 0 Å². The van der Waals surface area contributed by atoms with Crippen molar-refractivity contribution >= 4 is 46.8 Å². The van der Waals surface area contributed by atoms with E-state index in [1.54, 1.807) is 12.1 Å². The van der Waals surface area contributed by atoms with Crippen molar-refractivity contribution < 1.29 is 34.8 Å². The van der Waals surface area contributed by atoms with E-state index in [2.05, 4.69) is 17.4 Å². The Morgan fingerprint density at radius 2 is 1.50 bits per heavy atom. The van der Waals surface area contributed by atoms with Crippen molar-refractivity contribution in [3.63, 3.8) is 0 Å². The average molecular weight is 541 g/mol. The third-order valence-corrected chi connectivity index (χ3v) is 5.63. The third-order valence-electron chi connectivity index (χ3n) is 5.01. The predicted octanol–water partition coefficient (Wildman–Crippen LogP) is 4.02. The topological polar surface area (TPSA) is 170 Å². The number of aliphatic carboxylic acids is 3. The van der Waals surface area contributed by atoms with Crippen molar-refractivity contribution in [1.29, 1.82) is 0 Å². The van der Waals surface area contributed by atoms with Gasteiger partial charge in [0.05, 0.1) is 21.8 Å². The standard InChI is InChI=1S/C21H26Cl2N2O3.C4H4O4/c22-17-10-16(11-18(23)21(17)24)19(26)13-25-12-15(9-20(27)28)8-4-7-14-5-2-1-3-6-14;5-3(6)1-2-4(7)8/h1-3,5-6,10-11,15,19,25-26H,4,7-9,12-13,24H2,(H,27,28);1-2H,(H,5,6)(H,7,8)/b;2-1-. The van der Waals surface area contributed by atoms with Gasteiger partial charge in [-0.2, -0.15) is 0 Å². The first kappa shape index (κ1) is 30.9. The number of benzene rings is 2. The number of hydrogen-bond acceptors (Lipinski definition) is 6. The number of hydrogen-bond donors (Lipinski definition) is 6. The number of aliphatic hydroxyl groups is 1. The van der Waals surface area contributed by atoms with Crippen molar-refractivity contribution in [2.75, 3.05) is 18.8 Å². The second-order valence-electron chi connectivity index (χ2n) is 7.92. The molecule has 0 aliphatic carbocycles. The minimum absolute atomic E-state index is 0.00740. The van der Waals surface area contributed by atoms with Crippen LogP contribution < -0.4 is 11.1 Å². The SMILES string of the molecule is Nc1c(Cl)cc(C(O)CNCC(CCCc2ccccc2)CC(=O)O)cc1Cl.O=C(O)/C=C\C(=O)O. The zero-order valence-corrected chi connectivity index (χ0v) is 21.0. The number of halogens is 2. The van der Waals surface area contributed by atoms with Gasteiger partial charge < -0.3 is 31.5 Å². The van der Waals surface area contributed by atoms with E-state index >= 15 is 0 Å². The summed E-state index contributed by atoms with van der Waals surface area (Å²) in [5.41, 5.74) is 7.81. The Morgan fingerprint density at radius 3 is 2.00 bits per heavy atom. The molecule has 9 nitrogen and oxygen atoms in total. The zero-order chi connectivity index (χ0) is 27.1. The molecule has 0 aliphatic heterocycles. The smallest absolute Gasteiger partial charge is 0.328 e. The predicted molar refractivity (Wildman–Crippen MR) is 138 cm³/mol. The van der Waals surface area contributed by atoms with Crippen LogP contribution in [0.3, 0.4) is 0 Å². The summed E-state index contributed by atoms with van der Waals surface area (Å²) in [5, 5.41) is 38.9. The molecule has 2 aromatic rings. The van der Waals surface area contributed by atoms with Crippen LogP contribution in [-0.2, 0) is 20.8 Å². The van der Waals surface area contributed by atoms with Gasteiger partial charge in [0.1, 0.15) is 0 Å². The lowest BCUT2D eigenvalue weighted by Gasteiger charge is -2.18. The van der Waals surface area contributed by atoms with Crippen LogP contribution in [-0.4, -0.2) is 51.4 Å². The van der Waals surface area contributed by atoms with Crippen LogP contribution in [0.2, 0.25) is 10.0 Å². The molecule has 11 heteroatoms. The molecule has 0 amide bonds. The first-order valence-electron chi connectivity index (χ1n) is 11.0. The highest BCUT2D eigenvalue weighted by molar-refractivity contribution is 6.38. The van der Waals surface area contributed by atoms with E-state index in [-0.39, 0.29) is 24.6 Å². The molecule has 0 aliphatic rings. The van der Waals surface area contributed by atoms with Crippen molar-refractivity contribution in [3.8, 4) is 0 Å². The van der Waals surface area contributed by atoms with Crippen LogP contribution >= 0.6 is 23.2 Å². The lowest BCUT2D eigenvalue weighted by atomic mass is 9.96. The maximum Gasteiger partial charge on any atom is 0.328 e. The number of nitrogen functional groups attached to an aromatic ring is 1. The van der Waals surface area contributed by atoms with E-state index in [0.717, 1.165) is 19.3 Å². The van der Waals surface area contributed by atoms with Gasteiger partial charge in [0.15, 0.2) is 0 Å². The maximum atomic E-state index is 11.1. The normalized spacial score (nSPS) is 12.4. The van der Waals surface area contributed by atoms with Gasteiger partial charge in [-0.15, -0.1) is 0 Å². The fraction of sp³-hybridized carbons (Fsp3) is 0.320. The van der Waals surface area contributed by atoms with Gasteiger partial charge in [-0.1, -0.05) is 53.5 Å². The first-order valence-corrected chi connectivity index (χ1v) is 11.8. The van der Waals surface area contributed by atoms with Gasteiger partial charge >= 0.3 is 17.9 Å². The first-order chi connectivity index (χ1) is 17.0. The van der Waals surface area contributed by atoms with Gasteiger partial charge in [-0.25, -0.2) is 9.59 Å². The molecule has 2 atom stereocenters. The summed E-state index contributed by atoms with van der Waals surface area (Å²) in [7, 11) is 0. The van der Waals surface area contributed by atoms with E-state index in [1.807, 2.05) is 18.2 Å². The summed E-state index contributed by atoms with van der Waals surface area (Å²) in [5.74, 6) is -3.34. The van der Waals surface area contributed by atoms with Crippen LogP contribution in [0.4, 0.5) is 5.69 Å². The molecule has 0 bridgehead atoms. The Labute approximate surface area is 219 Å². The molecule has 0 aromatic heterocycles. The zero-order valence-electron chi connectivity index (χ0n) is 19.4. The highest BCUT2D eigenvalue weighted by Gasteiger charge is 2.16. The van der Waals surface area contributed by atoms with Gasteiger partial charge in [0.25, 0.3) is 0 Å². The summed E-state index contributed by atoms with van der Waals surface area (Å²) < 4.78 is 0. The Hall–Kier alpha value is -3.11. The van der Waals surface area contributed by atoms with E-state index in [0.29, 0.717) is 34.3 Å². The molecular formula is C25H30Cl2N2O7. The molecule has 2 unspecified atom stereocenters. The second kappa shape index (κ2) is 16.5. The summed E-state index contributed by atoms with van der Waals surface area (Å²) in [6, 6.07) is 13.3. The number of carbonyl (C=O) groups is 3. The molecule has 0 fully saturated rings. The molecule has 2 aromatic carbocycles. The summed E-state index contributed by atoms with van der Waals surface area (Å²) >= 11 is 12.0. The minimum Gasteiger partial charge on any atom is -0.481 e. The second-order valence-corrected chi connectivity index (χ2v) is 8.74. The Morgan fingerprint density at radius 1 is 0.944 bits per heavy atom. The van der Waals surface area contributed by atoms with Gasteiger partial charge in [-0.3, -0.25) is 4.79 Å². The van der Waals surface area contributed by atoms with Gasteiger partial charge in [0, 0.05) is 25.1 Å². The molecule has 0 saturated heterocycles. The monoisotopic (exact) mass is 540 g/mol. The van der Waals surface area contributed by atoms with E-state index in [9.17, 15) is 19.5 Å².